The van der Waals surface area contributed by atoms with Crippen LogP contribution in [0.25, 0.3) is 10.3 Å². The van der Waals surface area contributed by atoms with Crippen LogP contribution in [0, 0.1) is 5.92 Å². The van der Waals surface area contributed by atoms with Crippen molar-refractivity contribution in [3.8, 4) is 0 Å². The molecule has 178 valence electrons. The molecule has 1 fully saturated rings. The van der Waals surface area contributed by atoms with Gasteiger partial charge in [0.05, 0.1) is 12.0 Å². The molecular weight excluding hydrogens is 452 g/mol. The monoisotopic (exact) mass is 480 g/mol. The first-order valence-electron chi connectivity index (χ1n) is 11.8. The van der Waals surface area contributed by atoms with Crippen LogP contribution in [0.2, 0.25) is 0 Å². The van der Waals surface area contributed by atoms with Crippen molar-refractivity contribution < 1.29 is 9.59 Å². The molecule has 5 rings (SSSR count). The molecule has 3 heterocycles. The molecular formula is C24H28N6O3S. The molecule has 2 N–H and O–H groups in total. The fourth-order valence-corrected chi connectivity index (χ4v) is 5.87. The highest BCUT2D eigenvalue weighted by Gasteiger charge is 2.28. The molecule has 2 atom stereocenters. The third-order valence-electron chi connectivity index (χ3n) is 6.57. The number of amides is 2. The number of piperidine rings is 1. The largest absolute Gasteiger partial charge is 0.356 e. The Bertz CT molecular complexity index is 1290. The smallest absolute Gasteiger partial charge is 0.273 e. The number of aryl methyl sites for hydroxylation is 1. The number of carbonyl (C=O) groups excluding carboxylic acids is 2. The summed E-state index contributed by atoms with van der Waals surface area (Å²) in [5.41, 5.74) is 2.52. The minimum Gasteiger partial charge on any atom is -0.356 e. The van der Waals surface area contributed by atoms with Gasteiger partial charge in [-0.2, -0.15) is 4.98 Å². The number of hydrogen-bond donors (Lipinski definition) is 2. The summed E-state index contributed by atoms with van der Waals surface area (Å²) >= 11 is 1.28. The second kappa shape index (κ2) is 9.54. The first kappa shape index (κ1) is 22.5. The van der Waals surface area contributed by atoms with Crippen LogP contribution in [0.4, 0.5) is 5.13 Å². The van der Waals surface area contributed by atoms with E-state index in [1.165, 1.54) is 27.8 Å². The summed E-state index contributed by atoms with van der Waals surface area (Å²) in [6.45, 7) is 3.80. The number of aromatic nitrogens is 3. The number of anilines is 1. The lowest BCUT2D eigenvalue weighted by molar-refractivity contribution is -0.125. The van der Waals surface area contributed by atoms with Crippen molar-refractivity contribution in [3.05, 3.63) is 52.1 Å². The Labute approximate surface area is 201 Å². The Balaban J connectivity index is 1.30. The maximum atomic E-state index is 13.1. The van der Waals surface area contributed by atoms with Crippen molar-refractivity contribution in [2.75, 3.05) is 24.5 Å². The lowest BCUT2D eigenvalue weighted by atomic mass is 9.97. The average molecular weight is 481 g/mol. The lowest BCUT2D eigenvalue weighted by Crippen LogP contribution is -2.43. The maximum Gasteiger partial charge on any atom is 0.273 e. The van der Waals surface area contributed by atoms with Gasteiger partial charge < -0.3 is 15.5 Å². The quantitative estimate of drug-likeness (QED) is 0.559. The van der Waals surface area contributed by atoms with E-state index in [2.05, 4.69) is 31.6 Å². The number of benzene rings is 1. The molecule has 2 unspecified atom stereocenters. The zero-order valence-electron chi connectivity index (χ0n) is 19.1. The van der Waals surface area contributed by atoms with Gasteiger partial charge in [0.2, 0.25) is 11.8 Å². The summed E-state index contributed by atoms with van der Waals surface area (Å²) in [5, 5.41) is 6.64. The minimum absolute atomic E-state index is 0.0249. The third kappa shape index (κ3) is 4.42. The van der Waals surface area contributed by atoms with Crippen LogP contribution in [-0.2, 0) is 22.6 Å². The fraction of sp³-hybridized carbons (Fsp3) is 0.458. The molecule has 0 spiro atoms. The highest BCUT2D eigenvalue weighted by atomic mass is 32.1. The number of thiazole rings is 1. The van der Waals surface area contributed by atoms with Crippen LogP contribution in [0.15, 0.2) is 35.4 Å². The predicted octanol–water partition coefficient (Wildman–Crippen LogP) is 2.01. The highest BCUT2D eigenvalue weighted by molar-refractivity contribution is 7.22. The van der Waals surface area contributed by atoms with E-state index in [-0.39, 0.29) is 35.9 Å². The van der Waals surface area contributed by atoms with Gasteiger partial charge in [-0.3, -0.25) is 19.0 Å². The second-order valence-electron chi connectivity index (χ2n) is 8.86. The van der Waals surface area contributed by atoms with Gasteiger partial charge >= 0.3 is 0 Å². The zero-order chi connectivity index (χ0) is 23.7. The van der Waals surface area contributed by atoms with Crippen molar-refractivity contribution in [2.45, 2.75) is 45.2 Å². The second-order valence-corrected chi connectivity index (χ2v) is 9.84. The Kier molecular flexibility index (Phi) is 6.32. The van der Waals surface area contributed by atoms with Gasteiger partial charge in [-0.25, -0.2) is 4.98 Å². The Hall–Kier alpha value is -3.27. The van der Waals surface area contributed by atoms with E-state index in [1.807, 2.05) is 25.1 Å². The van der Waals surface area contributed by atoms with Crippen molar-refractivity contribution >= 4 is 38.6 Å². The van der Waals surface area contributed by atoms with Gasteiger partial charge in [-0.15, -0.1) is 0 Å². The van der Waals surface area contributed by atoms with E-state index >= 15 is 0 Å². The summed E-state index contributed by atoms with van der Waals surface area (Å²) in [5.74, 6) is -0.241. The molecule has 3 aromatic rings. The molecule has 1 aromatic carbocycles. The molecule has 34 heavy (non-hydrogen) atoms. The fourth-order valence-electron chi connectivity index (χ4n) is 4.87. The van der Waals surface area contributed by atoms with Crippen LogP contribution < -0.4 is 21.1 Å². The normalized spacial score (nSPS) is 19.7. The van der Waals surface area contributed by atoms with Gasteiger partial charge in [0.15, 0.2) is 10.8 Å². The number of hydrogen-bond acceptors (Lipinski definition) is 7. The Morgan fingerprint density at radius 1 is 1.24 bits per heavy atom. The molecule has 9 nitrogen and oxygen atoms in total. The molecule has 2 aliphatic rings. The van der Waals surface area contributed by atoms with Crippen molar-refractivity contribution in [3.63, 3.8) is 0 Å². The first-order valence-corrected chi connectivity index (χ1v) is 12.6. The lowest BCUT2D eigenvalue weighted by Gasteiger charge is -2.31. The van der Waals surface area contributed by atoms with Gasteiger partial charge in [0.1, 0.15) is 17.6 Å². The third-order valence-corrected chi connectivity index (χ3v) is 7.66. The molecule has 0 bridgehead atoms. The van der Waals surface area contributed by atoms with Crippen molar-refractivity contribution in [1.29, 1.82) is 0 Å². The van der Waals surface area contributed by atoms with E-state index in [4.69, 9.17) is 0 Å². The standard InChI is InChI=1S/C24H28N6O3S/c1-2-25-22(32)16-7-5-11-29(12-16)24-28-21-20(34-24)23(33)30(14-26-21)13-19(31)27-18-10-9-15-6-3-4-8-17(15)18/h3-4,6,8,14,16,18H,2,5,7,9-13H2,1H3,(H,25,32)(H,27,31). The molecule has 2 amide bonds. The van der Waals surface area contributed by atoms with E-state index in [1.54, 1.807) is 0 Å². The predicted molar refractivity (Wildman–Crippen MR) is 131 cm³/mol. The summed E-state index contributed by atoms with van der Waals surface area (Å²) in [4.78, 5) is 49.0. The number of carbonyl (C=O) groups is 2. The average Bonchev–Trinajstić information content (AvgIpc) is 3.46. The van der Waals surface area contributed by atoms with Gasteiger partial charge in [-0.1, -0.05) is 35.6 Å². The molecule has 0 saturated carbocycles. The zero-order valence-corrected chi connectivity index (χ0v) is 19.9. The van der Waals surface area contributed by atoms with Crippen molar-refractivity contribution in [2.24, 2.45) is 5.92 Å². The topological polar surface area (TPSA) is 109 Å². The molecule has 10 heteroatoms. The Morgan fingerprint density at radius 2 is 2.09 bits per heavy atom. The van der Waals surface area contributed by atoms with E-state index in [0.717, 1.165) is 37.8 Å². The van der Waals surface area contributed by atoms with Crippen LogP contribution in [0.1, 0.15) is 43.4 Å². The number of fused-ring (bicyclic) bond motifs is 2. The number of nitrogens with zero attached hydrogens (tertiary/aromatic N) is 4. The van der Waals surface area contributed by atoms with Gasteiger partial charge in [0, 0.05) is 19.6 Å². The Morgan fingerprint density at radius 3 is 2.94 bits per heavy atom. The number of nitrogens with one attached hydrogen (secondary N) is 2. The molecule has 0 radical (unpaired) electrons. The molecule has 1 aliphatic heterocycles. The van der Waals surface area contributed by atoms with Crippen molar-refractivity contribution in [1.82, 2.24) is 25.2 Å². The number of rotatable bonds is 6. The SMILES string of the molecule is CCNC(=O)C1CCCN(c2nc3ncn(CC(=O)NC4CCc5ccccc54)c(=O)c3s2)C1. The van der Waals surface area contributed by atoms with E-state index in [0.29, 0.717) is 28.6 Å². The summed E-state index contributed by atoms with van der Waals surface area (Å²) in [7, 11) is 0. The van der Waals surface area contributed by atoms with Gasteiger partial charge in [-0.05, 0) is 43.7 Å². The molecule has 1 aliphatic carbocycles. The minimum atomic E-state index is -0.270. The molecule has 1 saturated heterocycles. The summed E-state index contributed by atoms with van der Waals surface area (Å²) < 4.78 is 1.77. The highest BCUT2D eigenvalue weighted by Crippen LogP contribution is 2.31. The van der Waals surface area contributed by atoms with Gasteiger partial charge in [0.25, 0.3) is 5.56 Å². The first-order chi connectivity index (χ1) is 16.5. The molecule has 2 aromatic heterocycles. The van der Waals surface area contributed by atoms with E-state index in [9.17, 15) is 14.4 Å². The summed E-state index contributed by atoms with van der Waals surface area (Å²) in [6, 6.07) is 8.10. The van der Waals surface area contributed by atoms with Crippen LogP contribution in [0.3, 0.4) is 0 Å². The maximum absolute atomic E-state index is 13.1. The van der Waals surface area contributed by atoms with Crippen LogP contribution in [-0.4, -0.2) is 46.0 Å². The van der Waals surface area contributed by atoms with E-state index < -0.39 is 0 Å². The van der Waals surface area contributed by atoms with Crippen LogP contribution in [0.5, 0.6) is 0 Å². The van der Waals surface area contributed by atoms with Crippen LogP contribution >= 0.6 is 11.3 Å². The summed E-state index contributed by atoms with van der Waals surface area (Å²) in [6.07, 6.45) is 4.93.